The SMILES string of the molecule is COC(=O)C(c1ccc(Cl)cc1)N1CCN(c2ccc(CC(=O)c3ccccc3-c3ccc(C(F)(F)F)cc3)cc2)CC1. The minimum absolute atomic E-state index is 0.118. The van der Waals surface area contributed by atoms with Crippen LogP contribution in [0, 0.1) is 0 Å². The molecule has 0 saturated carbocycles. The van der Waals surface area contributed by atoms with E-state index in [2.05, 4.69) is 9.80 Å². The lowest BCUT2D eigenvalue weighted by molar-refractivity contribution is -0.147. The molecule has 1 atom stereocenters. The van der Waals surface area contributed by atoms with Gasteiger partial charge in [-0.15, -0.1) is 0 Å². The second-order valence-corrected chi connectivity index (χ2v) is 10.8. The second kappa shape index (κ2) is 13.0. The molecule has 1 aliphatic rings. The topological polar surface area (TPSA) is 49.9 Å². The van der Waals surface area contributed by atoms with Gasteiger partial charge in [0.25, 0.3) is 0 Å². The molecule has 1 saturated heterocycles. The molecule has 0 aromatic heterocycles. The first-order valence-corrected chi connectivity index (χ1v) is 14.2. The third kappa shape index (κ3) is 7.09. The van der Waals surface area contributed by atoms with Crippen molar-refractivity contribution in [1.29, 1.82) is 0 Å². The zero-order valence-electron chi connectivity index (χ0n) is 23.5. The Labute approximate surface area is 253 Å². The van der Waals surface area contributed by atoms with Gasteiger partial charge in [0, 0.05) is 48.9 Å². The van der Waals surface area contributed by atoms with Gasteiger partial charge in [0.1, 0.15) is 6.04 Å². The van der Waals surface area contributed by atoms with Crippen molar-refractivity contribution in [3.8, 4) is 11.1 Å². The number of ether oxygens (including phenoxy) is 1. The normalized spacial score (nSPS) is 14.8. The van der Waals surface area contributed by atoms with Gasteiger partial charge in [-0.1, -0.05) is 72.3 Å². The number of alkyl halides is 3. The van der Waals surface area contributed by atoms with Crippen molar-refractivity contribution in [1.82, 2.24) is 4.90 Å². The number of hydrogen-bond donors (Lipinski definition) is 0. The fraction of sp³-hybridized carbons (Fsp3) is 0.235. The molecule has 0 N–H and O–H groups in total. The number of benzene rings is 4. The van der Waals surface area contributed by atoms with E-state index >= 15 is 0 Å². The number of carbonyl (C=O) groups is 2. The molecule has 0 radical (unpaired) electrons. The number of hydrogen-bond acceptors (Lipinski definition) is 5. The summed E-state index contributed by atoms with van der Waals surface area (Å²) in [6, 6.07) is 26.3. The van der Waals surface area contributed by atoms with E-state index in [-0.39, 0.29) is 18.2 Å². The van der Waals surface area contributed by atoms with Crippen LogP contribution in [-0.2, 0) is 22.1 Å². The fourth-order valence-corrected chi connectivity index (χ4v) is 5.54. The highest BCUT2D eigenvalue weighted by Gasteiger charge is 2.32. The summed E-state index contributed by atoms with van der Waals surface area (Å²) in [6.07, 6.45) is -4.26. The molecule has 0 amide bonds. The summed E-state index contributed by atoms with van der Waals surface area (Å²) in [5, 5.41) is 0.602. The summed E-state index contributed by atoms with van der Waals surface area (Å²) in [5.74, 6) is -0.433. The standard InChI is InChI=1S/C34H30ClF3N2O3/c1-43-33(42)32(25-10-14-27(35)15-11-25)40-20-18-39(19-21-40)28-16-6-23(7-17-28)22-31(41)30-5-3-2-4-29(30)24-8-12-26(13-9-24)34(36,37)38/h2-17,32H,18-22H2,1H3. The number of carbonyl (C=O) groups excluding carboxylic acids is 2. The Kier molecular flexibility index (Phi) is 9.18. The monoisotopic (exact) mass is 606 g/mol. The Balaban J connectivity index is 1.23. The summed E-state index contributed by atoms with van der Waals surface area (Å²) >= 11 is 6.04. The Hall–Kier alpha value is -4.14. The van der Waals surface area contributed by atoms with Crippen LogP contribution < -0.4 is 4.90 Å². The third-order valence-corrected chi connectivity index (χ3v) is 7.96. The van der Waals surface area contributed by atoms with Crippen molar-refractivity contribution >= 4 is 29.0 Å². The summed E-state index contributed by atoms with van der Waals surface area (Å²) in [5.41, 5.74) is 3.56. The van der Waals surface area contributed by atoms with E-state index in [0.717, 1.165) is 28.9 Å². The van der Waals surface area contributed by atoms with E-state index in [0.29, 0.717) is 47.9 Å². The van der Waals surface area contributed by atoms with E-state index in [1.165, 1.54) is 19.2 Å². The smallest absolute Gasteiger partial charge is 0.416 e. The van der Waals surface area contributed by atoms with Crippen LogP contribution >= 0.6 is 11.6 Å². The third-order valence-electron chi connectivity index (χ3n) is 7.71. The molecule has 5 rings (SSSR count). The highest BCUT2D eigenvalue weighted by Crippen LogP contribution is 2.32. The van der Waals surface area contributed by atoms with Crippen LogP contribution in [0.25, 0.3) is 11.1 Å². The first kappa shape index (κ1) is 30.3. The summed E-state index contributed by atoms with van der Waals surface area (Å²) in [6.45, 7) is 2.73. The van der Waals surface area contributed by atoms with Crippen molar-refractivity contribution in [2.24, 2.45) is 0 Å². The van der Waals surface area contributed by atoms with Crippen molar-refractivity contribution in [3.05, 3.63) is 124 Å². The van der Waals surface area contributed by atoms with E-state index in [1.54, 1.807) is 36.4 Å². The van der Waals surface area contributed by atoms with Gasteiger partial charge in [0.05, 0.1) is 12.7 Å². The molecule has 5 nitrogen and oxygen atoms in total. The molecule has 1 heterocycles. The Morgan fingerprint density at radius 1 is 0.837 bits per heavy atom. The number of methoxy groups -OCH3 is 1. The molecular weight excluding hydrogens is 577 g/mol. The number of esters is 1. The average Bonchev–Trinajstić information content (AvgIpc) is 3.02. The number of piperazine rings is 1. The van der Waals surface area contributed by atoms with Crippen LogP contribution in [0.4, 0.5) is 18.9 Å². The molecule has 4 aromatic rings. The molecule has 43 heavy (non-hydrogen) atoms. The van der Waals surface area contributed by atoms with Crippen LogP contribution in [0.15, 0.2) is 97.1 Å². The van der Waals surface area contributed by atoms with Gasteiger partial charge in [-0.2, -0.15) is 13.2 Å². The fourth-order valence-electron chi connectivity index (χ4n) is 5.41. The van der Waals surface area contributed by atoms with Crippen LogP contribution in [0.3, 0.4) is 0 Å². The lowest BCUT2D eigenvalue weighted by atomic mass is 9.93. The van der Waals surface area contributed by atoms with Crippen LogP contribution in [0.1, 0.15) is 33.1 Å². The summed E-state index contributed by atoms with van der Waals surface area (Å²) in [4.78, 5) is 30.3. The minimum atomic E-state index is -4.42. The molecular formula is C34H30ClF3N2O3. The Morgan fingerprint density at radius 3 is 2.07 bits per heavy atom. The Bertz CT molecular complexity index is 1560. The van der Waals surface area contributed by atoms with Gasteiger partial charge in [-0.05, 0) is 58.7 Å². The first-order chi connectivity index (χ1) is 20.6. The van der Waals surface area contributed by atoms with E-state index in [1.807, 2.05) is 36.4 Å². The number of ketones is 1. The molecule has 1 fully saturated rings. The Morgan fingerprint density at radius 2 is 1.47 bits per heavy atom. The van der Waals surface area contributed by atoms with Crippen molar-refractivity contribution in [2.75, 3.05) is 38.2 Å². The quantitative estimate of drug-likeness (QED) is 0.154. The molecule has 222 valence electrons. The van der Waals surface area contributed by atoms with Gasteiger partial charge in [-0.25, -0.2) is 4.79 Å². The highest BCUT2D eigenvalue weighted by molar-refractivity contribution is 6.30. The van der Waals surface area contributed by atoms with E-state index < -0.39 is 17.8 Å². The predicted molar refractivity (Wildman–Crippen MR) is 161 cm³/mol. The summed E-state index contributed by atoms with van der Waals surface area (Å²) < 4.78 is 44.1. The van der Waals surface area contributed by atoms with Gasteiger partial charge >= 0.3 is 12.1 Å². The zero-order valence-corrected chi connectivity index (χ0v) is 24.2. The minimum Gasteiger partial charge on any atom is -0.468 e. The first-order valence-electron chi connectivity index (χ1n) is 13.8. The molecule has 0 aliphatic carbocycles. The maximum atomic E-state index is 13.3. The molecule has 0 bridgehead atoms. The van der Waals surface area contributed by atoms with E-state index in [9.17, 15) is 22.8 Å². The number of nitrogens with zero attached hydrogens (tertiary/aromatic N) is 2. The van der Waals surface area contributed by atoms with Crippen molar-refractivity contribution in [2.45, 2.75) is 18.6 Å². The van der Waals surface area contributed by atoms with Crippen LogP contribution in [-0.4, -0.2) is 49.9 Å². The lowest BCUT2D eigenvalue weighted by Crippen LogP contribution is -2.49. The predicted octanol–water partition coefficient (Wildman–Crippen LogP) is 7.49. The van der Waals surface area contributed by atoms with Gasteiger partial charge < -0.3 is 9.64 Å². The number of anilines is 1. The number of rotatable bonds is 8. The molecule has 4 aromatic carbocycles. The van der Waals surface area contributed by atoms with Gasteiger partial charge in [0.2, 0.25) is 0 Å². The summed E-state index contributed by atoms with van der Waals surface area (Å²) in [7, 11) is 1.39. The maximum absolute atomic E-state index is 13.3. The van der Waals surface area contributed by atoms with Crippen molar-refractivity contribution in [3.63, 3.8) is 0 Å². The second-order valence-electron chi connectivity index (χ2n) is 10.4. The van der Waals surface area contributed by atoms with E-state index in [4.69, 9.17) is 16.3 Å². The largest absolute Gasteiger partial charge is 0.468 e. The maximum Gasteiger partial charge on any atom is 0.416 e. The molecule has 0 spiro atoms. The molecule has 1 aliphatic heterocycles. The number of Topliss-reactive ketones (excluding diaryl/α,β-unsaturated/α-hetero) is 1. The number of halogens is 4. The van der Waals surface area contributed by atoms with Crippen LogP contribution in [0.5, 0.6) is 0 Å². The van der Waals surface area contributed by atoms with Crippen LogP contribution in [0.2, 0.25) is 5.02 Å². The zero-order chi connectivity index (χ0) is 30.6. The van der Waals surface area contributed by atoms with Crippen molar-refractivity contribution < 1.29 is 27.5 Å². The average molecular weight is 607 g/mol. The molecule has 9 heteroatoms. The van der Waals surface area contributed by atoms with Gasteiger partial charge in [-0.3, -0.25) is 9.69 Å². The lowest BCUT2D eigenvalue weighted by Gasteiger charge is -2.39. The highest BCUT2D eigenvalue weighted by atomic mass is 35.5. The van der Waals surface area contributed by atoms with Gasteiger partial charge in [0.15, 0.2) is 5.78 Å². The molecule has 1 unspecified atom stereocenters.